The molecule has 0 spiro atoms. The molecular weight excluding hydrogens is 364 g/mol. The summed E-state index contributed by atoms with van der Waals surface area (Å²) in [7, 11) is 1.36. The molecule has 0 aliphatic heterocycles. The highest BCUT2D eigenvalue weighted by atomic mass is 16.6. The summed E-state index contributed by atoms with van der Waals surface area (Å²) in [5.41, 5.74) is 0.924. The zero-order valence-corrected chi connectivity index (χ0v) is 15.4. The van der Waals surface area contributed by atoms with Gasteiger partial charge in [-0.15, -0.1) is 0 Å². The molecule has 3 amide bonds. The number of amides is 3. The lowest BCUT2D eigenvalue weighted by atomic mass is 10.1. The van der Waals surface area contributed by atoms with Crippen LogP contribution in [0, 0.1) is 0 Å². The molecule has 0 bridgehead atoms. The summed E-state index contributed by atoms with van der Waals surface area (Å²) in [5.74, 6) is -1.30. The summed E-state index contributed by atoms with van der Waals surface area (Å²) in [4.78, 5) is 47.1. The van der Waals surface area contributed by atoms with Crippen LogP contribution in [0.5, 0.6) is 5.75 Å². The Hall–Kier alpha value is -3.68. The van der Waals surface area contributed by atoms with Gasteiger partial charge in [-0.2, -0.15) is 0 Å². The number of rotatable bonds is 7. The average molecular weight is 384 g/mol. The van der Waals surface area contributed by atoms with Gasteiger partial charge in [0.2, 0.25) is 6.10 Å². The Kier molecular flexibility index (Phi) is 7.27. The van der Waals surface area contributed by atoms with Crippen LogP contribution < -0.4 is 15.4 Å². The van der Waals surface area contributed by atoms with Gasteiger partial charge in [0, 0.05) is 18.2 Å². The zero-order chi connectivity index (χ0) is 20.5. The van der Waals surface area contributed by atoms with Gasteiger partial charge in [-0.05, 0) is 31.2 Å². The van der Waals surface area contributed by atoms with E-state index in [4.69, 9.17) is 9.47 Å². The molecule has 2 aromatic rings. The number of urea groups is 1. The molecule has 2 rings (SSSR count). The Morgan fingerprint density at radius 2 is 1.61 bits per heavy atom. The van der Waals surface area contributed by atoms with E-state index in [1.54, 1.807) is 54.6 Å². The van der Waals surface area contributed by atoms with Crippen LogP contribution in [0.4, 0.5) is 4.79 Å². The number of carbonyl (C=O) groups is 4. The third kappa shape index (κ3) is 5.94. The quantitative estimate of drug-likeness (QED) is 0.558. The molecule has 0 aliphatic carbocycles. The van der Waals surface area contributed by atoms with Crippen molar-refractivity contribution in [3.63, 3.8) is 0 Å². The van der Waals surface area contributed by atoms with E-state index < -0.39 is 30.6 Å². The van der Waals surface area contributed by atoms with Crippen LogP contribution >= 0.6 is 0 Å². The van der Waals surface area contributed by atoms with Crippen molar-refractivity contribution in [2.24, 2.45) is 0 Å². The van der Waals surface area contributed by atoms with Gasteiger partial charge in [0.15, 0.2) is 12.4 Å². The molecule has 8 nitrogen and oxygen atoms in total. The molecule has 146 valence electrons. The van der Waals surface area contributed by atoms with Crippen molar-refractivity contribution in [2.45, 2.75) is 13.0 Å². The maximum absolute atomic E-state index is 12.3. The number of hydrogen-bond acceptors (Lipinski definition) is 6. The lowest BCUT2D eigenvalue weighted by Crippen LogP contribution is -2.41. The van der Waals surface area contributed by atoms with Crippen molar-refractivity contribution in [2.75, 3.05) is 13.7 Å². The first-order valence-corrected chi connectivity index (χ1v) is 8.41. The fourth-order valence-corrected chi connectivity index (χ4v) is 2.23. The molecule has 0 radical (unpaired) electrons. The Bertz CT molecular complexity index is 849. The summed E-state index contributed by atoms with van der Waals surface area (Å²) in [5, 5.41) is 4.34. The summed E-state index contributed by atoms with van der Waals surface area (Å²) >= 11 is 0. The molecule has 2 aromatic carbocycles. The molecule has 1 atom stereocenters. The van der Waals surface area contributed by atoms with E-state index in [0.29, 0.717) is 16.9 Å². The summed E-state index contributed by atoms with van der Waals surface area (Å²) in [6.07, 6.45) is -1.31. The van der Waals surface area contributed by atoms with E-state index in [1.165, 1.54) is 14.0 Å². The minimum Gasteiger partial charge on any atom is -0.482 e. The predicted molar refractivity (Wildman–Crippen MR) is 99.8 cm³/mol. The standard InChI is InChI=1S/C20H20N2O6/c1-13(23)14-8-10-16(11-9-14)27-12-17(24)28-18(15-6-4-3-5-7-15)19(25)22-20(26)21-2/h3-11,18H,12H2,1-2H3,(H2,21,22,25,26)/t18-/m0/s1. The van der Waals surface area contributed by atoms with Crippen LogP contribution in [-0.4, -0.2) is 37.3 Å². The van der Waals surface area contributed by atoms with Crippen molar-refractivity contribution < 1.29 is 28.7 Å². The Labute approximate surface area is 161 Å². The van der Waals surface area contributed by atoms with Gasteiger partial charge in [-0.1, -0.05) is 30.3 Å². The van der Waals surface area contributed by atoms with Crippen LogP contribution in [0.1, 0.15) is 28.9 Å². The molecule has 8 heteroatoms. The first kappa shape index (κ1) is 20.6. The highest BCUT2D eigenvalue weighted by molar-refractivity contribution is 5.97. The summed E-state index contributed by atoms with van der Waals surface area (Å²) in [6, 6.07) is 13.8. The molecule has 0 aliphatic rings. The minimum atomic E-state index is -1.31. The molecule has 0 heterocycles. The normalized spacial score (nSPS) is 11.1. The van der Waals surface area contributed by atoms with Gasteiger partial charge >= 0.3 is 12.0 Å². The Balaban J connectivity index is 2.02. The SMILES string of the molecule is CNC(=O)NC(=O)[C@@H](OC(=O)COc1ccc(C(C)=O)cc1)c1ccccc1. The monoisotopic (exact) mass is 384 g/mol. The van der Waals surface area contributed by atoms with Crippen molar-refractivity contribution in [3.05, 3.63) is 65.7 Å². The minimum absolute atomic E-state index is 0.0845. The number of hydrogen-bond donors (Lipinski definition) is 2. The Morgan fingerprint density at radius 3 is 2.18 bits per heavy atom. The number of carbonyl (C=O) groups excluding carboxylic acids is 4. The van der Waals surface area contributed by atoms with E-state index in [1.807, 2.05) is 0 Å². The smallest absolute Gasteiger partial charge is 0.345 e. The van der Waals surface area contributed by atoms with Gasteiger partial charge in [-0.25, -0.2) is 9.59 Å². The van der Waals surface area contributed by atoms with Crippen molar-refractivity contribution in [1.82, 2.24) is 10.6 Å². The largest absolute Gasteiger partial charge is 0.482 e. The second-order valence-corrected chi connectivity index (χ2v) is 5.72. The number of imide groups is 1. The molecule has 0 unspecified atom stereocenters. The maximum Gasteiger partial charge on any atom is 0.345 e. The van der Waals surface area contributed by atoms with E-state index in [-0.39, 0.29) is 5.78 Å². The third-order valence-corrected chi connectivity index (χ3v) is 3.67. The van der Waals surface area contributed by atoms with Gasteiger partial charge < -0.3 is 14.8 Å². The average Bonchev–Trinajstić information content (AvgIpc) is 2.71. The first-order chi connectivity index (χ1) is 13.4. The predicted octanol–water partition coefficient (Wildman–Crippen LogP) is 2.01. The second-order valence-electron chi connectivity index (χ2n) is 5.72. The lowest BCUT2D eigenvalue weighted by Gasteiger charge is -2.17. The van der Waals surface area contributed by atoms with Crippen LogP contribution in [0.25, 0.3) is 0 Å². The summed E-state index contributed by atoms with van der Waals surface area (Å²) in [6.45, 7) is 0.997. The first-order valence-electron chi connectivity index (χ1n) is 8.41. The molecule has 0 saturated carbocycles. The van der Waals surface area contributed by atoms with Gasteiger partial charge in [0.1, 0.15) is 5.75 Å². The van der Waals surface area contributed by atoms with Crippen LogP contribution in [-0.2, 0) is 14.3 Å². The number of ketones is 1. The van der Waals surface area contributed by atoms with E-state index >= 15 is 0 Å². The zero-order valence-electron chi connectivity index (χ0n) is 15.4. The van der Waals surface area contributed by atoms with E-state index in [9.17, 15) is 19.2 Å². The van der Waals surface area contributed by atoms with Gasteiger partial charge in [-0.3, -0.25) is 14.9 Å². The van der Waals surface area contributed by atoms with Gasteiger partial charge in [0.05, 0.1) is 0 Å². The summed E-state index contributed by atoms with van der Waals surface area (Å²) < 4.78 is 10.5. The highest BCUT2D eigenvalue weighted by Crippen LogP contribution is 2.18. The molecular formula is C20H20N2O6. The molecule has 0 aromatic heterocycles. The van der Waals surface area contributed by atoms with Crippen molar-refractivity contribution >= 4 is 23.7 Å². The number of benzene rings is 2. The molecule has 0 saturated heterocycles. The molecule has 0 fully saturated rings. The van der Waals surface area contributed by atoms with Crippen LogP contribution in [0.15, 0.2) is 54.6 Å². The Morgan fingerprint density at radius 1 is 0.964 bits per heavy atom. The fourth-order valence-electron chi connectivity index (χ4n) is 2.23. The van der Waals surface area contributed by atoms with Gasteiger partial charge in [0.25, 0.3) is 5.91 Å². The van der Waals surface area contributed by atoms with Crippen molar-refractivity contribution in [3.8, 4) is 5.75 Å². The fraction of sp³-hybridized carbons (Fsp3) is 0.200. The third-order valence-electron chi connectivity index (χ3n) is 3.67. The second kappa shape index (κ2) is 9.86. The number of Topliss-reactive ketones (excluding diaryl/α,β-unsaturated/α-hetero) is 1. The molecule has 28 heavy (non-hydrogen) atoms. The number of nitrogens with one attached hydrogen (secondary N) is 2. The van der Waals surface area contributed by atoms with Crippen LogP contribution in [0.2, 0.25) is 0 Å². The van der Waals surface area contributed by atoms with E-state index in [0.717, 1.165) is 0 Å². The van der Waals surface area contributed by atoms with Crippen molar-refractivity contribution in [1.29, 1.82) is 0 Å². The van der Waals surface area contributed by atoms with Crippen LogP contribution in [0.3, 0.4) is 0 Å². The lowest BCUT2D eigenvalue weighted by molar-refractivity contribution is -0.158. The topological polar surface area (TPSA) is 111 Å². The highest BCUT2D eigenvalue weighted by Gasteiger charge is 2.26. The maximum atomic E-state index is 12.3. The number of ether oxygens (including phenoxy) is 2. The van der Waals surface area contributed by atoms with E-state index in [2.05, 4.69) is 10.6 Å². The molecule has 2 N–H and O–H groups in total. The number of esters is 1.